The average molecular weight is 524 g/mol. The number of carbonyl (C=O) groups is 3. The summed E-state index contributed by atoms with van der Waals surface area (Å²) in [7, 11) is -4.87. The zero-order valence-corrected chi connectivity index (χ0v) is 19.9. The molecule has 0 aliphatic carbocycles. The summed E-state index contributed by atoms with van der Waals surface area (Å²) in [6.45, 7) is 2.94. The van der Waals surface area contributed by atoms with Crippen LogP contribution in [0.3, 0.4) is 0 Å². The third-order valence-electron chi connectivity index (χ3n) is 5.25. The third kappa shape index (κ3) is 8.91. The van der Waals surface area contributed by atoms with Crippen LogP contribution in [0.2, 0.25) is 0 Å². The quantitative estimate of drug-likeness (QED) is 0.125. The first kappa shape index (κ1) is 30.5. The van der Waals surface area contributed by atoms with E-state index in [1.165, 1.54) is 36.0 Å². The number of aromatic carboxylic acids is 1. The molecule has 15 nitrogen and oxygen atoms in total. The van der Waals surface area contributed by atoms with Gasteiger partial charge in [-0.3, -0.25) is 14.1 Å². The number of carboxylic acid groups (broad SMARTS) is 2. The number of phosphoric acid groups is 1. The SMILES string of the molecule is CCC(C)(OP(=O)(O)O)[C@@H]1O[C@@H]([n+]2cccc(C(=O)O)c2)[C@H](O)[C@@H]1O.NC(=O)CC[C@H](N)C(=O)O. The fourth-order valence-corrected chi connectivity index (χ4v) is 3.98. The number of phosphoric ester groups is 1. The molecule has 10 N–H and O–H groups in total. The number of primary amides is 1. The van der Waals surface area contributed by atoms with E-state index < -0.39 is 61.9 Å². The van der Waals surface area contributed by atoms with E-state index in [1.807, 2.05) is 0 Å². The van der Waals surface area contributed by atoms with Gasteiger partial charge in [0.05, 0.1) is 0 Å². The minimum Gasteiger partial charge on any atom is -0.480 e. The van der Waals surface area contributed by atoms with Gasteiger partial charge in [0.1, 0.15) is 29.4 Å². The number of nitrogens with two attached hydrogens (primary N) is 2. The minimum absolute atomic E-state index is 0.0213. The Morgan fingerprint density at radius 2 is 1.86 bits per heavy atom. The van der Waals surface area contributed by atoms with Crippen molar-refractivity contribution in [3.63, 3.8) is 0 Å². The van der Waals surface area contributed by atoms with Crippen LogP contribution in [0.15, 0.2) is 24.5 Å². The van der Waals surface area contributed by atoms with Crippen LogP contribution in [0.1, 0.15) is 49.7 Å². The van der Waals surface area contributed by atoms with Gasteiger partial charge in [0.15, 0.2) is 18.5 Å². The maximum absolute atomic E-state index is 11.2. The van der Waals surface area contributed by atoms with Gasteiger partial charge in [0.25, 0.3) is 6.23 Å². The fraction of sp³-hybridized carbons (Fsp3) is 0.579. The topological polar surface area (TPSA) is 264 Å². The van der Waals surface area contributed by atoms with Crippen molar-refractivity contribution in [1.29, 1.82) is 0 Å². The first-order chi connectivity index (χ1) is 16.0. The monoisotopic (exact) mass is 524 g/mol. The number of carboxylic acids is 2. The van der Waals surface area contributed by atoms with Crippen molar-refractivity contribution < 1.29 is 63.0 Å². The second kappa shape index (κ2) is 12.5. The first-order valence-electron chi connectivity index (χ1n) is 10.3. The zero-order valence-electron chi connectivity index (χ0n) is 19.0. The normalized spacial score (nSPS) is 24.5. The second-order valence-corrected chi connectivity index (χ2v) is 9.13. The van der Waals surface area contributed by atoms with Crippen molar-refractivity contribution in [2.75, 3.05) is 0 Å². The van der Waals surface area contributed by atoms with Gasteiger partial charge in [0.2, 0.25) is 5.91 Å². The van der Waals surface area contributed by atoms with Crippen LogP contribution in [0, 0.1) is 0 Å². The molecule has 0 radical (unpaired) electrons. The highest BCUT2D eigenvalue weighted by molar-refractivity contribution is 7.46. The number of amides is 1. The number of hydrogen-bond donors (Lipinski definition) is 8. The van der Waals surface area contributed by atoms with Gasteiger partial charge in [0, 0.05) is 12.5 Å². The molecule has 1 aromatic heterocycles. The third-order valence-corrected chi connectivity index (χ3v) is 5.91. The lowest BCUT2D eigenvalue weighted by Crippen LogP contribution is -2.48. The summed E-state index contributed by atoms with van der Waals surface area (Å²) in [6.07, 6.45) is -2.47. The van der Waals surface area contributed by atoms with Crippen LogP contribution in [-0.2, 0) is 23.4 Å². The Morgan fingerprint density at radius 1 is 1.26 bits per heavy atom. The van der Waals surface area contributed by atoms with Gasteiger partial charge >= 0.3 is 19.8 Å². The van der Waals surface area contributed by atoms with E-state index in [0.717, 1.165) is 0 Å². The molecular weight excluding hydrogens is 493 g/mol. The van der Waals surface area contributed by atoms with E-state index >= 15 is 0 Å². The molecule has 0 bridgehead atoms. The highest BCUT2D eigenvalue weighted by Gasteiger charge is 2.56. The summed E-state index contributed by atoms with van der Waals surface area (Å²) in [4.78, 5) is 49.4. The Balaban J connectivity index is 0.000000518. The molecule has 2 rings (SSSR count). The molecule has 35 heavy (non-hydrogen) atoms. The summed E-state index contributed by atoms with van der Waals surface area (Å²) >= 11 is 0. The predicted molar refractivity (Wildman–Crippen MR) is 115 cm³/mol. The molecule has 0 spiro atoms. The van der Waals surface area contributed by atoms with Gasteiger partial charge in [-0.05, 0) is 25.8 Å². The molecule has 1 aliphatic heterocycles. The van der Waals surface area contributed by atoms with E-state index in [1.54, 1.807) is 6.92 Å². The number of rotatable bonds is 10. The van der Waals surface area contributed by atoms with E-state index in [9.17, 15) is 29.2 Å². The van der Waals surface area contributed by atoms with E-state index in [2.05, 4.69) is 0 Å². The average Bonchev–Trinajstić information content (AvgIpc) is 3.06. The number of pyridine rings is 1. The van der Waals surface area contributed by atoms with Crippen molar-refractivity contribution >= 4 is 25.7 Å². The van der Waals surface area contributed by atoms with E-state index in [-0.39, 0.29) is 24.8 Å². The second-order valence-electron chi connectivity index (χ2n) is 7.97. The molecule has 16 heteroatoms. The van der Waals surface area contributed by atoms with Gasteiger partial charge in [-0.2, -0.15) is 4.57 Å². The number of nitrogens with zero attached hydrogens (tertiary/aromatic N) is 1. The van der Waals surface area contributed by atoms with Crippen molar-refractivity contribution in [3.8, 4) is 0 Å². The number of aliphatic hydroxyl groups excluding tert-OH is 2. The van der Waals surface area contributed by atoms with Crippen molar-refractivity contribution in [3.05, 3.63) is 30.1 Å². The van der Waals surface area contributed by atoms with Crippen LogP contribution in [0.25, 0.3) is 0 Å². The molecule has 1 aliphatic rings. The molecule has 0 aromatic carbocycles. The number of carbonyl (C=O) groups excluding carboxylic acids is 1. The summed E-state index contributed by atoms with van der Waals surface area (Å²) in [5.41, 5.74) is 8.19. The number of hydrogen-bond acceptors (Lipinski definition) is 9. The van der Waals surface area contributed by atoms with Gasteiger partial charge in [-0.15, -0.1) is 0 Å². The number of aliphatic hydroxyl groups is 2. The molecule has 2 heterocycles. The van der Waals surface area contributed by atoms with Crippen molar-refractivity contribution in [2.24, 2.45) is 11.5 Å². The Kier molecular flexibility index (Phi) is 10.9. The lowest BCUT2D eigenvalue weighted by Gasteiger charge is -2.34. The summed E-state index contributed by atoms with van der Waals surface area (Å²) < 4.78 is 22.9. The minimum atomic E-state index is -4.87. The maximum atomic E-state index is 11.2. The van der Waals surface area contributed by atoms with Gasteiger partial charge in [-0.1, -0.05) is 6.92 Å². The van der Waals surface area contributed by atoms with Crippen LogP contribution in [0.5, 0.6) is 0 Å². The largest absolute Gasteiger partial charge is 0.480 e. The Labute approximate surface area is 200 Å². The van der Waals surface area contributed by atoms with Crippen LogP contribution < -0.4 is 16.0 Å². The van der Waals surface area contributed by atoms with E-state index in [0.29, 0.717) is 0 Å². The summed E-state index contributed by atoms with van der Waals surface area (Å²) in [5, 5.41) is 37.8. The fourth-order valence-electron chi connectivity index (χ4n) is 3.20. The zero-order chi connectivity index (χ0) is 27.1. The number of aliphatic carboxylic acids is 1. The Hall–Kier alpha value is -2.49. The van der Waals surface area contributed by atoms with E-state index in [4.69, 9.17) is 40.7 Å². The van der Waals surface area contributed by atoms with Crippen molar-refractivity contribution in [2.45, 2.75) is 69.3 Å². The standard InChI is InChI=1S/C14H20NO9P.C5H10N2O3/c1-3-14(2,24-25(20,21)22)11-9(16)10(17)12(23-11)15-6-4-5-8(7-15)13(18)19;6-3(5(9)10)1-2-4(7)8/h4-7,9-12,16-17H,3H2,1-2H3,(H2-,18,19,20,21,22);3H,1-2,6H2,(H2,7,8)(H,9,10)/p+1/t9-,10+,11+,12+,14?;3-/m00/s1. The molecule has 1 saturated heterocycles. The van der Waals surface area contributed by atoms with Crippen molar-refractivity contribution in [1.82, 2.24) is 0 Å². The molecule has 0 saturated carbocycles. The maximum Gasteiger partial charge on any atom is 0.470 e. The van der Waals surface area contributed by atoms with Gasteiger partial charge in [-0.25, -0.2) is 9.36 Å². The molecule has 1 aromatic rings. The highest BCUT2D eigenvalue weighted by atomic mass is 31.2. The summed E-state index contributed by atoms with van der Waals surface area (Å²) in [6, 6.07) is 1.80. The first-order valence-corrected chi connectivity index (χ1v) is 11.8. The van der Waals surface area contributed by atoms with Crippen LogP contribution in [-0.4, -0.2) is 78.0 Å². The molecular formula is C19H31N3O12P+. The predicted octanol–water partition coefficient (Wildman–Crippen LogP) is -1.77. The lowest BCUT2D eigenvalue weighted by atomic mass is 9.91. The van der Waals surface area contributed by atoms with Gasteiger partial charge < -0.3 is 46.4 Å². The number of aromatic nitrogens is 1. The Morgan fingerprint density at radius 3 is 2.31 bits per heavy atom. The highest BCUT2D eigenvalue weighted by Crippen LogP contribution is 2.47. The molecule has 1 unspecified atom stereocenters. The smallest absolute Gasteiger partial charge is 0.470 e. The Bertz CT molecular complexity index is 957. The molecule has 1 fully saturated rings. The van der Waals surface area contributed by atoms with Crippen LogP contribution >= 0.6 is 7.82 Å². The number of ether oxygens (including phenoxy) is 1. The molecule has 198 valence electrons. The molecule has 1 amide bonds. The molecule has 6 atom stereocenters. The van der Waals surface area contributed by atoms with Crippen LogP contribution in [0.4, 0.5) is 0 Å². The summed E-state index contributed by atoms with van der Waals surface area (Å²) in [5.74, 6) is -2.82. The lowest BCUT2D eigenvalue weighted by molar-refractivity contribution is -0.766.